The Morgan fingerprint density at radius 2 is 1.67 bits per heavy atom. The molecule has 0 saturated carbocycles. The Morgan fingerprint density at radius 3 is 2.42 bits per heavy atom. The maximum Gasteiger partial charge on any atom is 0.276 e. The van der Waals surface area contributed by atoms with E-state index in [1.165, 1.54) is 23.2 Å². The van der Waals surface area contributed by atoms with Crippen LogP contribution in [0.25, 0.3) is 5.69 Å². The van der Waals surface area contributed by atoms with E-state index >= 15 is 0 Å². The second-order valence-electron chi connectivity index (χ2n) is 8.91. The highest BCUT2D eigenvalue weighted by atomic mass is 16.5. The van der Waals surface area contributed by atoms with E-state index in [4.69, 9.17) is 4.74 Å². The van der Waals surface area contributed by atoms with E-state index in [-0.39, 0.29) is 5.91 Å². The molecule has 3 heterocycles. The van der Waals surface area contributed by atoms with E-state index in [1.807, 2.05) is 41.3 Å². The molecule has 1 atom stereocenters. The summed E-state index contributed by atoms with van der Waals surface area (Å²) in [6.07, 6.45) is 5.97. The van der Waals surface area contributed by atoms with Crippen LogP contribution in [0.1, 0.15) is 41.7 Å². The minimum atomic E-state index is -0.0280. The Balaban J connectivity index is 1.12. The fraction of sp³-hybridized carbons (Fsp3) is 0.423. The summed E-state index contributed by atoms with van der Waals surface area (Å²) in [4.78, 5) is 19.1. The second-order valence-corrected chi connectivity index (χ2v) is 8.91. The number of hydrogen-bond acceptors (Lipinski definition) is 5. The molecule has 1 aromatic heterocycles. The zero-order valence-corrected chi connectivity index (χ0v) is 18.9. The van der Waals surface area contributed by atoms with Crippen LogP contribution in [0, 0.1) is 0 Å². The van der Waals surface area contributed by atoms with E-state index in [9.17, 15) is 4.79 Å². The highest BCUT2D eigenvalue weighted by Crippen LogP contribution is 2.27. The summed E-state index contributed by atoms with van der Waals surface area (Å²) in [7, 11) is 0. The number of likely N-dealkylation sites (tertiary alicyclic amines) is 2. The number of rotatable bonds is 7. The van der Waals surface area contributed by atoms with Crippen LogP contribution in [-0.2, 0) is 11.3 Å². The van der Waals surface area contributed by atoms with Gasteiger partial charge in [-0.05, 0) is 49.9 Å². The van der Waals surface area contributed by atoms with Crippen molar-refractivity contribution in [3.63, 3.8) is 0 Å². The van der Waals surface area contributed by atoms with Gasteiger partial charge in [-0.3, -0.25) is 9.69 Å². The number of aromatic nitrogens is 3. The Bertz CT molecular complexity index is 1030. The number of hydrogen-bond donors (Lipinski definition) is 0. The number of piperidine rings is 1. The predicted molar refractivity (Wildman–Crippen MR) is 126 cm³/mol. The smallest absolute Gasteiger partial charge is 0.276 e. The molecule has 0 aliphatic carbocycles. The summed E-state index contributed by atoms with van der Waals surface area (Å²) in [6, 6.07) is 21.0. The van der Waals surface area contributed by atoms with Crippen LogP contribution in [0.15, 0.2) is 66.9 Å². The van der Waals surface area contributed by atoms with Crippen molar-refractivity contribution >= 4 is 5.91 Å². The minimum absolute atomic E-state index is 0.0280. The Labute approximate surface area is 195 Å². The van der Waals surface area contributed by atoms with Gasteiger partial charge in [0.25, 0.3) is 5.91 Å². The normalized spacial score (nSPS) is 19.8. The van der Waals surface area contributed by atoms with E-state index < -0.39 is 0 Å². The molecule has 0 bridgehead atoms. The molecule has 0 N–H and O–H groups in total. The number of carbonyl (C=O) groups excluding carboxylic acids is 1. The average Bonchev–Trinajstić information content (AvgIpc) is 3.55. The first-order valence-corrected chi connectivity index (χ1v) is 11.9. The van der Waals surface area contributed by atoms with Crippen molar-refractivity contribution in [1.82, 2.24) is 24.8 Å². The van der Waals surface area contributed by atoms with Crippen molar-refractivity contribution in [3.05, 3.63) is 78.1 Å². The SMILES string of the molecule is O=C(c1cnn(-c2ccccc2)n1)N1CCC(N2CCC[C@@H]2COCc2ccccc2)CC1. The van der Waals surface area contributed by atoms with Gasteiger partial charge in [0.05, 0.1) is 25.1 Å². The second kappa shape index (κ2) is 10.3. The summed E-state index contributed by atoms with van der Waals surface area (Å²) >= 11 is 0. The maximum atomic E-state index is 13.0. The van der Waals surface area contributed by atoms with Crippen LogP contribution in [0.4, 0.5) is 0 Å². The lowest BCUT2D eigenvalue weighted by Crippen LogP contribution is -2.49. The van der Waals surface area contributed by atoms with Crippen LogP contribution in [0.3, 0.4) is 0 Å². The van der Waals surface area contributed by atoms with Gasteiger partial charge in [0.1, 0.15) is 0 Å². The maximum absolute atomic E-state index is 13.0. The molecule has 2 aromatic carbocycles. The molecule has 2 aliphatic heterocycles. The third-order valence-electron chi connectivity index (χ3n) is 6.76. The van der Waals surface area contributed by atoms with Gasteiger partial charge in [0, 0.05) is 25.2 Å². The highest BCUT2D eigenvalue weighted by molar-refractivity contribution is 5.92. The van der Waals surface area contributed by atoms with Gasteiger partial charge in [-0.2, -0.15) is 9.90 Å². The number of para-hydroxylation sites is 1. The van der Waals surface area contributed by atoms with Crippen molar-refractivity contribution < 1.29 is 9.53 Å². The van der Waals surface area contributed by atoms with Gasteiger partial charge in [-0.15, -0.1) is 5.10 Å². The van der Waals surface area contributed by atoms with Crippen LogP contribution >= 0.6 is 0 Å². The Hall–Kier alpha value is -3.03. The topological polar surface area (TPSA) is 63.5 Å². The van der Waals surface area contributed by atoms with E-state index in [0.717, 1.165) is 44.8 Å². The highest BCUT2D eigenvalue weighted by Gasteiger charge is 2.34. The van der Waals surface area contributed by atoms with E-state index in [0.29, 0.717) is 24.4 Å². The number of ether oxygens (including phenoxy) is 1. The van der Waals surface area contributed by atoms with Gasteiger partial charge in [-0.1, -0.05) is 48.5 Å². The molecule has 2 aliphatic rings. The molecule has 7 heteroatoms. The summed E-state index contributed by atoms with van der Waals surface area (Å²) in [5.41, 5.74) is 2.48. The van der Waals surface area contributed by atoms with Crippen LogP contribution in [-0.4, -0.2) is 69.0 Å². The Morgan fingerprint density at radius 1 is 0.939 bits per heavy atom. The van der Waals surface area contributed by atoms with Crippen LogP contribution in [0.5, 0.6) is 0 Å². The predicted octanol–water partition coefficient (Wildman–Crippen LogP) is 3.55. The quantitative estimate of drug-likeness (QED) is 0.557. The van der Waals surface area contributed by atoms with E-state index in [2.05, 4.69) is 39.4 Å². The fourth-order valence-corrected chi connectivity index (χ4v) is 5.01. The average molecular weight is 446 g/mol. The monoisotopic (exact) mass is 445 g/mol. The fourth-order valence-electron chi connectivity index (χ4n) is 5.01. The number of amides is 1. The molecule has 0 radical (unpaired) electrons. The zero-order valence-electron chi connectivity index (χ0n) is 18.9. The van der Waals surface area contributed by atoms with E-state index in [1.54, 1.807) is 6.20 Å². The standard InChI is InChI=1S/C26H31N5O2/c32-26(25-18-27-31(28-25)23-10-5-2-6-11-23)29-16-13-22(14-17-29)30-15-7-12-24(30)20-33-19-21-8-3-1-4-9-21/h1-6,8-11,18,22,24H,7,12-17,19-20H2/t24-/m1/s1. The first kappa shape index (κ1) is 21.8. The molecule has 1 amide bonds. The van der Waals surface area contributed by atoms with Crippen molar-refractivity contribution in [1.29, 1.82) is 0 Å². The molecule has 0 unspecified atom stereocenters. The molecule has 33 heavy (non-hydrogen) atoms. The third-order valence-corrected chi connectivity index (χ3v) is 6.76. The molecule has 2 fully saturated rings. The third kappa shape index (κ3) is 5.15. The summed E-state index contributed by atoms with van der Waals surface area (Å²) in [5, 5.41) is 8.69. The summed E-state index contributed by atoms with van der Waals surface area (Å²) < 4.78 is 6.06. The van der Waals surface area contributed by atoms with Crippen molar-refractivity contribution in [2.45, 2.75) is 44.4 Å². The molecule has 7 nitrogen and oxygen atoms in total. The van der Waals surface area contributed by atoms with Gasteiger partial charge in [-0.25, -0.2) is 0 Å². The zero-order chi connectivity index (χ0) is 22.5. The summed E-state index contributed by atoms with van der Waals surface area (Å²) in [6.45, 7) is 4.09. The lowest BCUT2D eigenvalue weighted by atomic mass is 10.0. The lowest BCUT2D eigenvalue weighted by Gasteiger charge is -2.39. The summed E-state index contributed by atoms with van der Waals surface area (Å²) in [5.74, 6) is -0.0280. The lowest BCUT2D eigenvalue weighted by molar-refractivity contribution is 0.0313. The van der Waals surface area contributed by atoms with Crippen LogP contribution < -0.4 is 0 Å². The molecule has 172 valence electrons. The van der Waals surface area contributed by atoms with Crippen molar-refractivity contribution in [2.24, 2.45) is 0 Å². The molecule has 0 spiro atoms. The van der Waals surface area contributed by atoms with Gasteiger partial charge in [0.2, 0.25) is 0 Å². The molecular formula is C26H31N5O2. The first-order valence-electron chi connectivity index (χ1n) is 11.9. The molecular weight excluding hydrogens is 414 g/mol. The van der Waals surface area contributed by atoms with Crippen LogP contribution in [0.2, 0.25) is 0 Å². The van der Waals surface area contributed by atoms with Gasteiger partial charge >= 0.3 is 0 Å². The number of benzene rings is 2. The molecule has 2 saturated heterocycles. The Kier molecular flexibility index (Phi) is 6.79. The largest absolute Gasteiger partial charge is 0.375 e. The van der Waals surface area contributed by atoms with Crippen molar-refractivity contribution in [3.8, 4) is 5.69 Å². The first-order chi connectivity index (χ1) is 16.3. The number of carbonyl (C=O) groups is 1. The van der Waals surface area contributed by atoms with Crippen molar-refractivity contribution in [2.75, 3.05) is 26.2 Å². The molecule has 5 rings (SSSR count). The minimum Gasteiger partial charge on any atom is -0.375 e. The number of nitrogens with zero attached hydrogens (tertiary/aromatic N) is 5. The van der Waals surface area contributed by atoms with Gasteiger partial charge < -0.3 is 9.64 Å². The van der Waals surface area contributed by atoms with Gasteiger partial charge in [0.15, 0.2) is 5.69 Å². The molecule has 3 aromatic rings.